The fourth-order valence-corrected chi connectivity index (χ4v) is 1.75. The number of nitrogens with one attached hydrogen (secondary N) is 2. The molecule has 0 unspecified atom stereocenters. The fourth-order valence-electron chi connectivity index (χ4n) is 1.75. The van der Waals surface area contributed by atoms with Crippen LogP contribution >= 0.6 is 0 Å². The van der Waals surface area contributed by atoms with Gasteiger partial charge in [-0.25, -0.2) is 4.98 Å². The number of hydrogen-bond acceptors (Lipinski definition) is 4. The second-order valence-corrected chi connectivity index (χ2v) is 4.17. The van der Waals surface area contributed by atoms with Crippen molar-refractivity contribution in [3.05, 3.63) is 47.5 Å². The van der Waals surface area contributed by atoms with Crippen molar-refractivity contribution in [2.45, 2.75) is 20.4 Å². The van der Waals surface area contributed by atoms with E-state index in [0.29, 0.717) is 17.9 Å². The fraction of sp³-hybridized carbons (Fsp3) is 0.286. The molecule has 0 aromatic carbocycles. The molecule has 2 rings (SSSR count). The van der Waals surface area contributed by atoms with Crippen LogP contribution < -0.4 is 10.6 Å². The Kier molecular flexibility index (Phi) is 4.18. The van der Waals surface area contributed by atoms with E-state index in [1.54, 1.807) is 24.5 Å². The highest BCUT2D eigenvalue weighted by atomic mass is 16.3. The maximum atomic E-state index is 12.0. The molecule has 0 saturated carbocycles. The first-order chi connectivity index (χ1) is 9.19. The van der Waals surface area contributed by atoms with E-state index >= 15 is 0 Å². The monoisotopic (exact) mass is 259 g/mol. The summed E-state index contributed by atoms with van der Waals surface area (Å²) >= 11 is 0. The zero-order valence-corrected chi connectivity index (χ0v) is 11.1. The molecule has 100 valence electrons. The lowest BCUT2D eigenvalue weighted by molar-refractivity contribution is 0.0948. The Hall–Kier alpha value is -2.30. The Morgan fingerprint density at radius 1 is 1.42 bits per heavy atom. The number of nitrogens with zero attached hydrogens (tertiary/aromatic N) is 1. The van der Waals surface area contributed by atoms with Crippen LogP contribution in [0.15, 0.2) is 34.9 Å². The van der Waals surface area contributed by atoms with E-state index in [2.05, 4.69) is 15.6 Å². The first kappa shape index (κ1) is 13.1. The number of aromatic nitrogens is 1. The highest BCUT2D eigenvalue weighted by Crippen LogP contribution is 2.10. The number of carbonyl (C=O) groups excluding carboxylic acids is 1. The van der Waals surface area contributed by atoms with Crippen molar-refractivity contribution in [3.63, 3.8) is 0 Å². The molecule has 0 spiro atoms. The van der Waals surface area contributed by atoms with Crippen LogP contribution in [0.3, 0.4) is 0 Å². The Morgan fingerprint density at radius 3 is 2.95 bits per heavy atom. The summed E-state index contributed by atoms with van der Waals surface area (Å²) in [5.74, 6) is 1.30. The minimum absolute atomic E-state index is 0.138. The predicted octanol–water partition coefficient (Wildman–Crippen LogP) is 2.34. The Labute approximate surface area is 112 Å². The van der Waals surface area contributed by atoms with E-state index in [1.807, 2.05) is 19.9 Å². The zero-order valence-electron chi connectivity index (χ0n) is 11.1. The molecule has 2 aromatic rings. The molecule has 5 nitrogen and oxygen atoms in total. The largest absolute Gasteiger partial charge is 0.467 e. The van der Waals surface area contributed by atoms with Crippen LogP contribution in [-0.2, 0) is 6.54 Å². The van der Waals surface area contributed by atoms with Crippen LogP contribution in [0.2, 0.25) is 0 Å². The number of rotatable bonds is 5. The Bertz CT molecular complexity index is 550. The molecular formula is C14H17N3O2. The van der Waals surface area contributed by atoms with Crippen molar-refractivity contribution in [3.8, 4) is 0 Å². The molecular weight excluding hydrogens is 242 g/mol. The van der Waals surface area contributed by atoms with Gasteiger partial charge in [0.1, 0.15) is 11.6 Å². The molecule has 0 aliphatic heterocycles. The SMILES string of the molecule is CCNc1cc(C(=O)NCc2ccco2)cc(C)n1. The smallest absolute Gasteiger partial charge is 0.251 e. The lowest BCUT2D eigenvalue weighted by Crippen LogP contribution is -2.23. The van der Waals surface area contributed by atoms with E-state index in [9.17, 15) is 4.79 Å². The highest BCUT2D eigenvalue weighted by Gasteiger charge is 2.08. The molecule has 0 radical (unpaired) electrons. The summed E-state index contributed by atoms with van der Waals surface area (Å²) in [5, 5.41) is 5.91. The molecule has 2 heterocycles. The number of pyridine rings is 1. The number of carbonyl (C=O) groups is 1. The van der Waals surface area contributed by atoms with Crippen molar-refractivity contribution < 1.29 is 9.21 Å². The van der Waals surface area contributed by atoms with Gasteiger partial charge in [-0.15, -0.1) is 0 Å². The molecule has 0 saturated heterocycles. The Balaban J connectivity index is 2.05. The topological polar surface area (TPSA) is 67.2 Å². The molecule has 5 heteroatoms. The van der Waals surface area contributed by atoms with E-state index in [0.717, 1.165) is 18.0 Å². The van der Waals surface area contributed by atoms with Gasteiger partial charge in [0.25, 0.3) is 5.91 Å². The third kappa shape index (κ3) is 3.58. The summed E-state index contributed by atoms with van der Waals surface area (Å²) in [4.78, 5) is 16.3. The van der Waals surface area contributed by atoms with Gasteiger partial charge in [0, 0.05) is 17.8 Å². The van der Waals surface area contributed by atoms with Crippen molar-refractivity contribution in [2.75, 3.05) is 11.9 Å². The average Bonchev–Trinajstić information content (AvgIpc) is 2.88. The molecule has 0 bridgehead atoms. The first-order valence-electron chi connectivity index (χ1n) is 6.22. The van der Waals surface area contributed by atoms with Gasteiger partial charge in [0.15, 0.2) is 0 Å². The summed E-state index contributed by atoms with van der Waals surface area (Å²) in [6.07, 6.45) is 1.58. The van der Waals surface area contributed by atoms with Crippen LogP contribution in [-0.4, -0.2) is 17.4 Å². The average molecular weight is 259 g/mol. The summed E-state index contributed by atoms with van der Waals surface area (Å²) in [6.45, 7) is 5.00. The molecule has 0 fully saturated rings. The number of hydrogen-bond donors (Lipinski definition) is 2. The first-order valence-corrected chi connectivity index (χ1v) is 6.22. The molecule has 19 heavy (non-hydrogen) atoms. The third-order valence-electron chi connectivity index (χ3n) is 2.58. The lowest BCUT2D eigenvalue weighted by Gasteiger charge is -2.08. The van der Waals surface area contributed by atoms with Crippen LogP contribution in [0.5, 0.6) is 0 Å². The minimum Gasteiger partial charge on any atom is -0.467 e. The van der Waals surface area contributed by atoms with Crippen LogP contribution in [0.25, 0.3) is 0 Å². The summed E-state index contributed by atoms with van der Waals surface area (Å²) in [5.41, 5.74) is 1.40. The lowest BCUT2D eigenvalue weighted by atomic mass is 10.2. The van der Waals surface area contributed by atoms with E-state index < -0.39 is 0 Å². The second-order valence-electron chi connectivity index (χ2n) is 4.17. The highest BCUT2D eigenvalue weighted by molar-refractivity contribution is 5.94. The van der Waals surface area contributed by atoms with Crippen molar-refractivity contribution in [1.29, 1.82) is 0 Å². The van der Waals surface area contributed by atoms with Gasteiger partial charge in [-0.2, -0.15) is 0 Å². The van der Waals surface area contributed by atoms with E-state index in [-0.39, 0.29) is 5.91 Å². The molecule has 0 aliphatic carbocycles. The van der Waals surface area contributed by atoms with Gasteiger partial charge in [0.05, 0.1) is 12.8 Å². The van der Waals surface area contributed by atoms with Gasteiger partial charge < -0.3 is 15.1 Å². The van der Waals surface area contributed by atoms with Crippen LogP contribution in [0.4, 0.5) is 5.82 Å². The maximum Gasteiger partial charge on any atom is 0.251 e. The van der Waals surface area contributed by atoms with E-state index in [4.69, 9.17) is 4.42 Å². The molecule has 0 aliphatic rings. The molecule has 2 aromatic heterocycles. The predicted molar refractivity (Wildman–Crippen MR) is 73.0 cm³/mol. The number of amides is 1. The zero-order chi connectivity index (χ0) is 13.7. The second kappa shape index (κ2) is 6.04. The van der Waals surface area contributed by atoms with Gasteiger partial charge in [-0.3, -0.25) is 4.79 Å². The van der Waals surface area contributed by atoms with E-state index in [1.165, 1.54) is 0 Å². The molecule has 1 amide bonds. The number of aryl methyl sites for hydroxylation is 1. The Morgan fingerprint density at radius 2 is 2.26 bits per heavy atom. The van der Waals surface area contributed by atoms with Crippen LogP contribution in [0.1, 0.15) is 28.7 Å². The third-order valence-corrected chi connectivity index (χ3v) is 2.58. The standard InChI is InChI=1S/C14H17N3O2/c1-3-15-13-8-11(7-10(2)17-13)14(18)16-9-12-5-4-6-19-12/h4-8H,3,9H2,1-2H3,(H,15,17)(H,16,18). The van der Waals surface area contributed by atoms with Gasteiger partial charge in [-0.1, -0.05) is 0 Å². The quantitative estimate of drug-likeness (QED) is 0.865. The van der Waals surface area contributed by atoms with Gasteiger partial charge in [0.2, 0.25) is 0 Å². The van der Waals surface area contributed by atoms with Crippen molar-refractivity contribution in [1.82, 2.24) is 10.3 Å². The number of anilines is 1. The molecule has 0 atom stereocenters. The van der Waals surface area contributed by atoms with Crippen molar-refractivity contribution >= 4 is 11.7 Å². The van der Waals surface area contributed by atoms with Gasteiger partial charge in [-0.05, 0) is 38.1 Å². The normalized spacial score (nSPS) is 10.2. The number of furan rings is 1. The molecule has 2 N–H and O–H groups in total. The summed E-state index contributed by atoms with van der Waals surface area (Å²) in [6, 6.07) is 7.12. The summed E-state index contributed by atoms with van der Waals surface area (Å²) < 4.78 is 5.17. The van der Waals surface area contributed by atoms with Crippen molar-refractivity contribution in [2.24, 2.45) is 0 Å². The van der Waals surface area contributed by atoms with Crippen LogP contribution in [0, 0.1) is 6.92 Å². The van der Waals surface area contributed by atoms with Gasteiger partial charge >= 0.3 is 0 Å². The summed E-state index contributed by atoms with van der Waals surface area (Å²) in [7, 11) is 0. The maximum absolute atomic E-state index is 12.0. The minimum atomic E-state index is -0.138.